The molecular weight excluding hydrogens is 148 g/mol. The van der Waals surface area contributed by atoms with Crippen molar-refractivity contribution >= 4 is 0 Å². The molecule has 1 N–H and O–H groups in total. The monoisotopic (exact) mass is 170 g/mol. The summed E-state index contributed by atoms with van der Waals surface area (Å²) in [6.07, 6.45) is 2.67. The minimum absolute atomic E-state index is 0.814. The maximum absolute atomic E-state index is 3.30. The molecule has 0 aromatic carbocycles. The van der Waals surface area contributed by atoms with Crippen molar-refractivity contribution in [2.75, 3.05) is 26.7 Å². The molecule has 2 nitrogen and oxygen atoms in total. The number of nitrogens with one attached hydrogen (secondary N) is 1. The summed E-state index contributed by atoms with van der Waals surface area (Å²) in [6.45, 7) is 8.26. The summed E-state index contributed by atoms with van der Waals surface area (Å²) in [7, 11) is 2.24. The van der Waals surface area contributed by atoms with Crippen LogP contribution in [0.25, 0.3) is 0 Å². The molecule has 0 aromatic rings. The van der Waals surface area contributed by atoms with Gasteiger partial charge in [-0.25, -0.2) is 0 Å². The largest absolute Gasteiger partial charge is 0.314 e. The van der Waals surface area contributed by atoms with Gasteiger partial charge in [-0.3, -0.25) is 0 Å². The number of hydrogen-bond acceptors (Lipinski definition) is 2. The van der Waals surface area contributed by atoms with E-state index in [1.165, 1.54) is 32.5 Å². The van der Waals surface area contributed by atoms with Crippen molar-refractivity contribution in [3.63, 3.8) is 0 Å². The Bertz CT molecular complexity index is 121. The van der Waals surface area contributed by atoms with Crippen LogP contribution in [0, 0.1) is 5.92 Å². The summed E-state index contributed by atoms with van der Waals surface area (Å²) in [5, 5.41) is 3.30. The lowest BCUT2D eigenvalue weighted by molar-refractivity contribution is 0.170. The zero-order valence-corrected chi connectivity index (χ0v) is 8.64. The van der Waals surface area contributed by atoms with Crippen molar-refractivity contribution in [1.82, 2.24) is 10.2 Å². The van der Waals surface area contributed by atoms with Crippen molar-refractivity contribution in [2.24, 2.45) is 5.92 Å². The fourth-order valence-electron chi connectivity index (χ4n) is 1.40. The Kier molecular flexibility index (Phi) is 4.02. The van der Waals surface area contributed by atoms with Crippen molar-refractivity contribution in [3.05, 3.63) is 0 Å². The van der Waals surface area contributed by atoms with Gasteiger partial charge in [0.1, 0.15) is 0 Å². The second-order valence-electron chi connectivity index (χ2n) is 4.09. The molecule has 1 heterocycles. The fourth-order valence-corrected chi connectivity index (χ4v) is 1.40. The Labute approximate surface area is 76.3 Å². The van der Waals surface area contributed by atoms with Gasteiger partial charge in [-0.2, -0.15) is 0 Å². The molecule has 0 spiro atoms. The van der Waals surface area contributed by atoms with E-state index >= 15 is 0 Å². The number of nitrogens with zero attached hydrogens (tertiary/aromatic N) is 1. The second kappa shape index (κ2) is 4.83. The van der Waals surface area contributed by atoms with Crippen molar-refractivity contribution in [1.29, 1.82) is 0 Å². The zero-order chi connectivity index (χ0) is 8.97. The van der Waals surface area contributed by atoms with Gasteiger partial charge < -0.3 is 10.2 Å². The van der Waals surface area contributed by atoms with E-state index in [1.54, 1.807) is 0 Å². The Balaban J connectivity index is 2.05. The first kappa shape index (κ1) is 10.0. The molecule has 12 heavy (non-hydrogen) atoms. The molecule has 1 unspecified atom stereocenters. The fraction of sp³-hybridized carbons (Fsp3) is 1.00. The minimum Gasteiger partial charge on any atom is -0.314 e. The predicted octanol–water partition coefficient (Wildman–Crippen LogP) is 1.33. The lowest BCUT2D eigenvalue weighted by Crippen LogP contribution is -2.56. The molecule has 72 valence electrons. The van der Waals surface area contributed by atoms with Gasteiger partial charge in [-0.15, -0.1) is 0 Å². The molecule has 1 rings (SSSR count). The van der Waals surface area contributed by atoms with Crippen molar-refractivity contribution in [3.8, 4) is 0 Å². The third-order valence-corrected chi connectivity index (χ3v) is 3.05. The maximum atomic E-state index is 3.30. The minimum atomic E-state index is 0.814. The average molecular weight is 170 g/mol. The van der Waals surface area contributed by atoms with E-state index in [0.717, 1.165) is 12.0 Å². The van der Waals surface area contributed by atoms with Crippen LogP contribution in [0.2, 0.25) is 0 Å². The number of rotatable bonds is 5. The van der Waals surface area contributed by atoms with E-state index in [4.69, 9.17) is 0 Å². The molecule has 0 aromatic heterocycles. The Morgan fingerprint density at radius 2 is 2.17 bits per heavy atom. The number of hydrogen-bond donors (Lipinski definition) is 1. The highest BCUT2D eigenvalue weighted by Crippen LogP contribution is 2.09. The van der Waals surface area contributed by atoms with Crippen LogP contribution in [-0.2, 0) is 0 Å². The molecule has 1 saturated heterocycles. The molecule has 2 heteroatoms. The van der Waals surface area contributed by atoms with E-state index in [0.29, 0.717) is 0 Å². The van der Waals surface area contributed by atoms with Crippen LogP contribution >= 0.6 is 0 Å². The molecule has 0 saturated carbocycles. The van der Waals surface area contributed by atoms with E-state index < -0.39 is 0 Å². The van der Waals surface area contributed by atoms with Crippen molar-refractivity contribution < 1.29 is 0 Å². The first-order valence-electron chi connectivity index (χ1n) is 5.15. The van der Waals surface area contributed by atoms with Crippen LogP contribution in [0.4, 0.5) is 0 Å². The molecule has 0 aliphatic carbocycles. The Hall–Kier alpha value is -0.0800. The van der Waals surface area contributed by atoms with E-state index in [-0.39, 0.29) is 0 Å². The Morgan fingerprint density at radius 1 is 1.50 bits per heavy atom. The molecule has 0 bridgehead atoms. The topological polar surface area (TPSA) is 15.3 Å². The Morgan fingerprint density at radius 3 is 2.58 bits per heavy atom. The molecule has 1 atom stereocenters. The maximum Gasteiger partial charge on any atom is 0.0342 e. The summed E-state index contributed by atoms with van der Waals surface area (Å²) in [5.74, 6) is 0.889. The molecule has 1 aliphatic heterocycles. The lowest BCUT2D eigenvalue weighted by Gasteiger charge is -2.36. The number of likely N-dealkylation sites (N-methyl/N-ethyl adjacent to an activating group) is 1. The van der Waals surface area contributed by atoms with E-state index in [2.05, 4.69) is 31.1 Å². The summed E-state index contributed by atoms with van der Waals surface area (Å²) in [6, 6.07) is 0.814. The SMILES string of the molecule is CCC(C)CCN(C)C1CNC1. The first-order chi connectivity index (χ1) is 5.74. The van der Waals surface area contributed by atoms with Gasteiger partial charge in [0.25, 0.3) is 0 Å². The van der Waals surface area contributed by atoms with Crippen LogP contribution in [0.3, 0.4) is 0 Å². The second-order valence-corrected chi connectivity index (χ2v) is 4.09. The summed E-state index contributed by atoms with van der Waals surface area (Å²) < 4.78 is 0. The predicted molar refractivity (Wildman–Crippen MR) is 53.4 cm³/mol. The van der Waals surface area contributed by atoms with Gasteiger partial charge in [0.05, 0.1) is 0 Å². The van der Waals surface area contributed by atoms with Gasteiger partial charge in [-0.1, -0.05) is 20.3 Å². The molecule has 0 amide bonds. The highest BCUT2D eigenvalue weighted by molar-refractivity contribution is 4.82. The smallest absolute Gasteiger partial charge is 0.0342 e. The molecule has 1 fully saturated rings. The average Bonchev–Trinajstić information content (AvgIpc) is 1.97. The van der Waals surface area contributed by atoms with Crippen LogP contribution in [-0.4, -0.2) is 37.6 Å². The summed E-state index contributed by atoms with van der Waals surface area (Å²) >= 11 is 0. The van der Waals surface area contributed by atoms with Crippen LogP contribution in [0.5, 0.6) is 0 Å². The summed E-state index contributed by atoms with van der Waals surface area (Å²) in [4.78, 5) is 2.49. The van der Waals surface area contributed by atoms with Crippen LogP contribution in [0.15, 0.2) is 0 Å². The lowest BCUT2D eigenvalue weighted by atomic mass is 10.0. The first-order valence-corrected chi connectivity index (χ1v) is 5.15. The van der Waals surface area contributed by atoms with Crippen molar-refractivity contribution in [2.45, 2.75) is 32.7 Å². The molecular formula is C10H22N2. The highest BCUT2D eigenvalue weighted by Gasteiger charge is 2.20. The van der Waals surface area contributed by atoms with Crippen LogP contribution in [0.1, 0.15) is 26.7 Å². The highest BCUT2D eigenvalue weighted by atomic mass is 15.2. The van der Waals surface area contributed by atoms with Gasteiger partial charge in [0.15, 0.2) is 0 Å². The third-order valence-electron chi connectivity index (χ3n) is 3.05. The van der Waals surface area contributed by atoms with Gasteiger partial charge in [0, 0.05) is 19.1 Å². The zero-order valence-electron chi connectivity index (χ0n) is 8.64. The van der Waals surface area contributed by atoms with Gasteiger partial charge in [0.2, 0.25) is 0 Å². The molecule has 1 aliphatic rings. The molecule has 0 radical (unpaired) electrons. The third kappa shape index (κ3) is 2.76. The standard InChI is InChI=1S/C10H22N2/c1-4-9(2)5-6-12(3)10-7-11-8-10/h9-11H,4-8H2,1-3H3. The van der Waals surface area contributed by atoms with Crippen LogP contribution < -0.4 is 5.32 Å². The van der Waals surface area contributed by atoms with Gasteiger partial charge in [-0.05, 0) is 25.9 Å². The van der Waals surface area contributed by atoms with E-state index in [1.807, 2.05) is 0 Å². The normalized spacial score (nSPS) is 21.0. The summed E-state index contributed by atoms with van der Waals surface area (Å²) in [5.41, 5.74) is 0. The quantitative estimate of drug-likeness (QED) is 0.669. The van der Waals surface area contributed by atoms with Gasteiger partial charge >= 0.3 is 0 Å². The van der Waals surface area contributed by atoms with E-state index in [9.17, 15) is 0 Å².